The molecule has 6 nitrogen and oxygen atoms in total. The number of amides is 2. The van der Waals surface area contributed by atoms with Crippen LogP contribution in [0, 0.1) is 13.8 Å². The summed E-state index contributed by atoms with van der Waals surface area (Å²) >= 11 is 0. The first-order valence-corrected chi connectivity index (χ1v) is 10.6. The molecular formula is C27H25N3O3. The zero-order valence-corrected chi connectivity index (χ0v) is 18.7. The van der Waals surface area contributed by atoms with E-state index >= 15 is 0 Å². The maximum absolute atomic E-state index is 13.3. The largest absolute Gasteiger partial charge is 0.497 e. The summed E-state index contributed by atoms with van der Waals surface area (Å²) in [4.78, 5) is 29.3. The maximum Gasteiger partial charge on any atom is 0.272 e. The van der Waals surface area contributed by atoms with Gasteiger partial charge in [-0.2, -0.15) is 0 Å². The number of aryl methyl sites for hydroxylation is 2. The Morgan fingerprint density at radius 1 is 0.970 bits per heavy atom. The predicted molar refractivity (Wildman–Crippen MR) is 131 cm³/mol. The lowest BCUT2D eigenvalue weighted by molar-refractivity contribution is -0.113. The van der Waals surface area contributed by atoms with Crippen LogP contribution in [-0.4, -0.2) is 23.9 Å². The third kappa shape index (κ3) is 4.96. The molecule has 0 radical (unpaired) electrons. The predicted octanol–water partition coefficient (Wildman–Crippen LogP) is 5.20. The Kier molecular flexibility index (Phi) is 6.26. The lowest BCUT2D eigenvalue weighted by atomic mass is 10.1. The van der Waals surface area contributed by atoms with Gasteiger partial charge in [-0.25, -0.2) is 0 Å². The Hall–Kier alpha value is -4.32. The molecule has 166 valence electrons. The van der Waals surface area contributed by atoms with Gasteiger partial charge in [0.2, 0.25) is 0 Å². The molecule has 1 aromatic heterocycles. The number of aromatic amines is 1. The first-order valence-electron chi connectivity index (χ1n) is 10.6. The zero-order valence-electron chi connectivity index (χ0n) is 18.7. The number of hydrogen-bond donors (Lipinski definition) is 3. The van der Waals surface area contributed by atoms with Crippen molar-refractivity contribution in [3.05, 3.63) is 101 Å². The summed E-state index contributed by atoms with van der Waals surface area (Å²) in [7, 11) is 1.60. The van der Waals surface area contributed by atoms with Crippen LogP contribution in [0.2, 0.25) is 0 Å². The van der Waals surface area contributed by atoms with E-state index < -0.39 is 5.91 Å². The quantitative estimate of drug-likeness (QED) is 0.361. The number of carbonyl (C=O) groups is 2. The molecule has 0 spiro atoms. The number of fused-ring (bicyclic) bond motifs is 1. The first-order chi connectivity index (χ1) is 15.9. The van der Waals surface area contributed by atoms with E-state index in [1.165, 1.54) is 0 Å². The summed E-state index contributed by atoms with van der Waals surface area (Å²) in [5, 5.41) is 6.58. The highest BCUT2D eigenvalue weighted by Gasteiger charge is 2.17. The summed E-state index contributed by atoms with van der Waals surface area (Å²) in [5.41, 5.74) is 4.97. The van der Waals surface area contributed by atoms with Gasteiger partial charge in [-0.1, -0.05) is 35.9 Å². The number of rotatable bonds is 6. The van der Waals surface area contributed by atoms with Crippen molar-refractivity contribution in [3.8, 4) is 5.75 Å². The summed E-state index contributed by atoms with van der Waals surface area (Å²) in [6, 6.07) is 20.2. The highest BCUT2D eigenvalue weighted by Crippen LogP contribution is 2.25. The third-order valence-electron chi connectivity index (χ3n) is 5.38. The van der Waals surface area contributed by atoms with Gasteiger partial charge in [0.15, 0.2) is 0 Å². The standard InChI is InChI=1S/C27H25N3O3/c1-17-9-11-23(18(2)13-17)29-27(32)25(30-26(31)19-7-5-4-6-8-19)14-20-16-28-24-12-10-21(33-3)15-22(20)24/h4-16,28H,1-3H3,(H,29,32)(H,30,31)/b25-14+. The number of aromatic nitrogens is 1. The first kappa shape index (κ1) is 21.9. The minimum absolute atomic E-state index is 0.132. The van der Waals surface area contributed by atoms with Crippen molar-refractivity contribution in [2.45, 2.75) is 13.8 Å². The molecule has 0 aliphatic rings. The van der Waals surface area contributed by atoms with Crippen LogP contribution in [-0.2, 0) is 4.79 Å². The molecule has 0 fully saturated rings. The zero-order chi connectivity index (χ0) is 23.4. The summed E-state index contributed by atoms with van der Waals surface area (Å²) in [6.07, 6.45) is 3.46. The van der Waals surface area contributed by atoms with Crippen molar-refractivity contribution in [2.75, 3.05) is 12.4 Å². The molecule has 6 heteroatoms. The molecule has 0 aliphatic carbocycles. The number of benzene rings is 3. The summed E-state index contributed by atoms with van der Waals surface area (Å²) in [6.45, 7) is 3.93. The number of anilines is 1. The van der Waals surface area contributed by atoms with Crippen LogP contribution < -0.4 is 15.4 Å². The average molecular weight is 440 g/mol. The summed E-state index contributed by atoms with van der Waals surface area (Å²) in [5.74, 6) is -0.0788. The number of carbonyl (C=O) groups excluding carboxylic acids is 2. The normalized spacial score (nSPS) is 11.3. The fourth-order valence-electron chi connectivity index (χ4n) is 3.61. The SMILES string of the molecule is COc1ccc2[nH]cc(/C=C(/NC(=O)c3ccccc3)C(=O)Nc3ccc(C)cc3C)c2c1. The van der Waals surface area contributed by atoms with Crippen LogP contribution in [0.5, 0.6) is 5.75 Å². The molecule has 0 saturated carbocycles. The fourth-order valence-corrected chi connectivity index (χ4v) is 3.61. The van der Waals surface area contributed by atoms with Gasteiger partial charge >= 0.3 is 0 Å². The molecule has 1 heterocycles. The van der Waals surface area contributed by atoms with Crippen molar-refractivity contribution in [1.29, 1.82) is 0 Å². The van der Waals surface area contributed by atoms with Gasteiger partial charge in [0, 0.05) is 33.9 Å². The molecule has 3 N–H and O–H groups in total. The van der Waals surface area contributed by atoms with Crippen molar-refractivity contribution in [2.24, 2.45) is 0 Å². The van der Waals surface area contributed by atoms with Gasteiger partial charge in [0.25, 0.3) is 11.8 Å². The van der Waals surface area contributed by atoms with Crippen LogP contribution in [0.25, 0.3) is 17.0 Å². The molecule has 0 saturated heterocycles. The molecule has 3 aromatic carbocycles. The van der Waals surface area contributed by atoms with E-state index in [1.54, 1.807) is 43.6 Å². The second-order valence-electron chi connectivity index (χ2n) is 7.81. The fraction of sp³-hybridized carbons (Fsp3) is 0.111. The number of hydrogen-bond acceptors (Lipinski definition) is 3. The van der Waals surface area contributed by atoms with E-state index in [0.29, 0.717) is 17.0 Å². The van der Waals surface area contributed by atoms with Crippen molar-refractivity contribution in [1.82, 2.24) is 10.3 Å². The van der Waals surface area contributed by atoms with Gasteiger partial charge in [-0.05, 0) is 61.9 Å². The van der Waals surface area contributed by atoms with Crippen LogP contribution >= 0.6 is 0 Å². The Morgan fingerprint density at radius 3 is 2.48 bits per heavy atom. The maximum atomic E-state index is 13.3. The second kappa shape index (κ2) is 9.44. The molecule has 4 rings (SSSR count). The minimum Gasteiger partial charge on any atom is -0.497 e. The molecule has 0 bridgehead atoms. The Bertz CT molecular complexity index is 1350. The lowest BCUT2D eigenvalue weighted by Crippen LogP contribution is -2.30. The molecular weight excluding hydrogens is 414 g/mol. The van der Waals surface area contributed by atoms with E-state index in [0.717, 1.165) is 27.6 Å². The van der Waals surface area contributed by atoms with Crippen LogP contribution in [0.4, 0.5) is 5.69 Å². The average Bonchev–Trinajstić information content (AvgIpc) is 3.22. The Labute approximate surface area is 192 Å². The van der Waals surface area contributed by atoms with E-state index in [-0.39, 0.29) is 11.6 Å². The number of ether oxygens (including phenoxy) is 1. The second-order valence-corrected chi connectivity index (χ2v) is 7.81. The van der Waals surface area contributed by atoms with Crippen LogP contribution in [0.15, 0.2) is 78.6 Å². The highest BCUT2D eigenvalue weighted by molar-refractivity contribution is 6.11. The van der Waals surface area contributed by atoms with Gasteiger partial charge < -0.3 is 20.4 Å². The third-order valence-corrected chi connectivity index (χ3v) is 5.38. The lowest BCUT2D eigenvalue weighted by Gasteiger charge is -2.13. The van der Waals surface area contributed by atoms with Gasteiger partial charge in [0.05, 0.1) is 7.11 Å². The van der Waals surface area contributed by atoms with E-state index in [1.807, 2.05) is 56.3 Å². The summed E-state index contributed by atoms with van der Waals surface area (Å²) < 4.78 is 5.34. The number of nitrogens with one attached hydrogen (secondary N) is 3. The van der Waals surface area contributed by atoms with Crippen LogP contribution in [0.1, 0.15) is 27.0 Å². The van der Waals surface area contributed by atoms with Gasteiger partial charge in [-0.15, -0.1) is 0 Å². The minimum atomic E-state index is -0.413. The van der Waals surface area contributed by atoms with Crippen molar-refractivity contribution < 1.29 is 14.3 Å². The smallest absolute Gasteiger partial charge is 0.272 e. The monoisotopic (exact) mass is 439 g/mol. The van der Waals surface area contributed by atoms with Gasteiger partial charge in [0.1, 0.15) is 11.4 Å². The van der Waals surface area contributed by atoms with Crippen molar-refractivity contribution >= 4 is 34.5 Å². The van der Waals surface area contributed by atoms with E-state index in [4.69, 9.17) is 4.74 Å². The Balaban J connectivity index is 1.72. The van der Waals surface area contributed by atoms with E-state index in [9.17, 15) is 9.59 Å². The topological polar surface area (TPSA) is 83.2 Å². The van der Waals surface area contributed by atoms with Gasteiger partial charge in [-0.3, -0.25) is 9.59 Å². The molecule has 33 heavy (non-hydrogen) atoms. The highest BCUT2D eigenvalue weighted by atomic mass is 16.5. The number of H-pyrrole nitrogens is 1. The Morgan fingerprint density at radius 2 is 1.76 bits per heavy atom. The molecule has 0 unspecified atom stereocenters. The van der Waals surface area contributed by atoms with Crippen molar-refractivity contribution in [3.63, 3.8) is 0 Å². The molecule has 2 amide bonds. The molecule has 0 atom stereocenters. The number of methoxy groups -OCH3 is 1. The van der Waals surface area contributed by atoms with E-state index in [2.05, 4.69) is 15.6 Å². The molecule has 4 aromatic rings. The van der Waals surface area contributed by atoms with Crippen LogP contribution in [0.3, 0.4) is 0 Å². The molecule has 0 aliphatic heterocycles.